The maximum absolute atomic E-state index is 9.49. The highest BCUT2D eigenvalue weighted by Crippen LogP contribution is 2.12. The third-order valence-corrected chi connectivity index (χ3v) is 2.41. The van der Waals surface area contributed by atoms with Crippen molar-refractivity contribution in [2.75, 3.05) is 26.9 Å². The summed E-state index contributed by atoms with van der Waals surface area (Å²) in [7, 11) is 1.69. The number of hydrogen-bond acceptors (Lipinski definition) is 3. The molecule has 0 saturated carbocycles. The Bertz CT molecular complexity index is 284. The van der Waals surface area contributed by atoms with Gasteiger partial charge in [0.25, 0.3) is 0 Å². The lowest BCUT2D eigenvalue weighted by atomic mass is 10.3. The van der Waals surface area contributed by atoms with E-state index in [9.17, 15) is 5.11 Å². The van der Waals surface area contributed by atoms with Crippen LogP contribution >= 0.6 is 0 Å². The minimum absolute atomic E-state index is 0.427. The highest BCUT2D eigenvalue weighted by molar-refractivity contribution is 5.09. The first kappa shape index (κ1) is 13.2. The van der Waals surface area contributed by atoms with Crippen LogP contribution in [0, 0.1) is 0 Å². The topological polar surface area (TPSA) is 43.6 Å². The van der Waals surface area contributed by atoms with Crippen molar-refractivity contribution >= 4 is 0 Å². The Balaban J connectivity index is 2.19. The number of rotatable bonds is 8. The van der Waals surface area contributed by atoms with Gasteiger partial charge >= 0.3 is 0 Å². The highest BCUT2D eigenvalue weighted by Gasteiger charge is 2.05. The number of ether oxygens (including phenoxy) is 2. The van der Waals surface area contributed by atoms with Crippen molar-refractivity contribution in [2.24, 2.45) is 0 Å². The van der Waals surface area contributed by atoms with Crippen LogP contribution in [-0.2, 0) is 16.0 Å². The molecule has 0 radical (unpaired) electrons. The molecule has 1 aromatic rings. The Morgan fingerprint density at radius 2 is 2.19 bits per heavy atom. The molecule has 92 valence electrons. The predicted molar refractivity (Wildman–Crippen MR) is 62.4 cm³/mol. The van der Waals surface area contributed by atoms with Crippen LogP contribution in [0.3, 0.4) is 0 Å². The van der Waals surface area contributed by atoms with Crippen molar-refractivity contribution in [3.8, 4) is 0 Å². The van der Waals surface area contributed by atoms with E-state index in [2.05, 4.69) is 0 Å². The molecule has 1 rings (SSSR count). The summed E-state index contributed by atoms with van der Waals surface area (Å²) in [4.78, 5) is 0. The van der Waals surface area contributed by atoms with Gasteiger partial charge in [0.15, 0.2) is 0 Å². The second-order valence-corrected chi connectivity index (χ2v) is 3.76. The monoisotopic (exact) mass is 227 g/mol. The molecule has 4 heteroatoms. The summed E-state index contributed by atoms with van der Waals surface area (Å²) < 4.78 is 12.4. The van der Waals surface area contributed by atoms with Gasteiger partial charge in [0.05, 0.1) is 12.7 Å². The summed E-state index contributed by atoms with van der Waals surface area (Å²) in [6, 6.07) is 3.86. The molecule has 0 spiro atoms. The molecule has 0 aliphatic rings. The second kappa shape index (κ2) is 7.44. The summed E-state index contributed by atoms with van der Waals surface area (Å²) >= 11 is 0. The molecule has 0 saturated heterocycles. The summed E-state index contributed by atoms with van der Waals surface area (Å²) in [5, 5.41) is 9.49. The number of methoxy groups -OCH3 is 1. The predicted octanol–water partition coefficient (Wildman–Crippen LogP) is 1.59. The van der Waals surface area contributed by atoms with Crippen LogP contribution in [0.4, 0.5) is 0 Å². The molecule has 1 unspecified atom stereocenters. The van der Waals surface area contributed by atoms with E-state index in [1.165, 1.54) is 0 Å². The van der Waals surface area contributed by atoms with Gasteiger partial charge in [-0.1, -0.05) is 0 Å². The van der Waals surface area contributed by atoms with Gasteiger partial charge < -0.3 is 19.1 Å². The van der Waals surface area contributed by atoms with E-state index < -0.39 is 6.10 Å². The third kappa shape index (κ3) is 4.35. The smallest absolute Gasteiger partial charge is 0.0911 e. The molecule has 16 heavy (non-hydrogen) atoms. The van der Waals surface area contributed by atoms with Gasteiger partial charge in [0.1, 0.15) is 0 Å². The molecule has 1 heterocycles. The van der Waals surface area contributed by atoms with Crippen molar-refractivity contribution < 1.29 is 14.6 Å². The van der Waals surface area contributed by atoms with Crippen molar-refractivity contribution in [3.05, 3.63) is 24.0 Å². The van der Waals surface area contributed by atoms with Crippen molar-refractivity contribution in [2.45, 2.75) is 26.0 Å². The normalized spacial score (nSPS) is 12.9. The fraction of sp³-hybridized carbons (Fsp3) is 0.667. The summed E-state index contributed by atoms with van der Waals surface area (Å²) in [6.45, 7) is 4.67. The minimum atomic E-state index is -0.427. The standard InChI is InChI=1S/C12H21NO3/c1-11(14)12-5-3-6-13(12)7-10-16-9-4-8-15-2/h3,5-6,11,14H,4,7-10H2,1-2H3. The number of aliphatic hydroxyl groups is 1. The molecular formula is C12H21NO3. The van der Waals surface area contributed by atoms with Gasteiger partial charge in [0.2, 0.25) is 0 Å². The molecular weight excluding hydrogens is 206 g/mol. The highest BCUT2D eigenvalue weighted by atomic mass is 16.5. The largest absolute Gasteiger partial charge is 0.387 e. The Hall–Kier alpha value is -0.840. The number of nitrogens with zero attached hydrogens (tertiary/aromatic N) is 1. The van der Waals surface area contributed by atoms with Gasteiger partial charge in [-0.3, -0.25) is 0 Å². The number of aromatic nitrogens is 1. The van der Waals surface area contributed by atoms with Crippen LogP contribution in [0.15, 0.2) is 18.3 Å². The molecule has 0 fully saturated rings. The quantitative estimate of drug-likeness (QED) is 0.686. The van der Waals surface area contributed by atoms with Crippen LogP contribution in [0.5, 0.6) is 0 Å². The summed E-state index contributed by atoms with van der Waals surface area (Å²) in [5.74, 6) is 0. The first-order chi connectivity index (χ1) is 7.75. The van der Waals surface area contributed by atoms with E-state index in [-0.39, 0.29) is 0 Å². The van der Waals surface area contributed by atoms with E-state index in [0.717, 1.165) is 31.9 Å². The van der Waals surface area contributed by atoms with Crippen LogP contribution in [0.25, 0.3) is 0 Å². The summed E-state index contributed by atoms with van der Waals surface area (Å²) in [5.41, 5.74) is 0.931. The average Bonchev–Trinajstić information content (AvgIpc) is 2.71. The molecule has 1 N–H and O–H groups in total. The van der Waals surface area contributed by atoms with Gasteiger partial charge in [-0.2, -0.15) is 0 Å². The van der Waals surface area contributed by atoms with Crippen LogP contribution in [0.1, 0.15) is 25.1 Å². The van der Waals surface area contributed by atoms with E-state index >= 15 is 0 Å². The third-order valence-electron chi connectivity index (χ3n) is 2.41. The minimum Gasteiger partial charge on any atom is -0.387 e. The fourth-order valence-corrected chi connectivity index (χ4v) is 1.58. The lowest BCUT2D eigenvalue weighted by molar-refractivity contribution is 0.0958. The van der Waals surface area contributed by atoms with Crippen molar-refractivity contribution in [3.63, 3.8) is 0 Å². The molecule has 4 nitrogen and oxygen atoms in total. The van der Waals surface area contributed by atoms with Crippen molar-refractivity contribution in [1.82, 2.24) is 4.57 Å². The van der Waals surface area contributed by atoms with E-state index in [0.29, 0.717) is 6.61 Å². The molecule has 1 aromatic heterocycles. The zero-order valence-corrected chi connectivity index (χ0v) is 10.1. The Morgan fingerprint density at radius 3 is 2.88 bits per heavy atom. The van der Waals surface area contributed by atoms with E-state index in [1.54, 1.807) is 14.0 Å². The Kier molecular flexibility index (Phi) is 6.15. The first-order valence-electron chi connectivity index (χ1n) is 5.65. The Morgan fingerprint density at radius 1 is 1.38 bits per heavy atom. The molecule has 0 bridgehead atoms. The van der Waals surface area contributed by atoms with Gasteiger partial charge in [-0.05, 0) is 25.5 Å². The zero-order valence-electron chi connectivity index (χ0n) is 10.1. The van der Waals surface area contributed by atoms with Crippen LogP contribution in [0.2, 0.25) is 0 Å². The number of hydrogen-bond donors (Lipinski definition) is 1. The Labute approximate surface area is 96.8 Å². The molecule has 0 aromatic carbocycles. The lowest BCUT2D eigenvalue weighted by Crippen LogP contribution is -2.10. The average molecular weight is 227 g/mol. The van der Waals surface area contributed by atoms with Gasteiger partial charge in [-0.25, -0.2) is 0 Å². The van der Waals surface area contributed by atoms with E-state index in [4.69, 9.17) is 9.47 Å². The van der Waals surface area contributed by atoms with Crippen LogP contribution in [-0.4, -0.2) is 36.6 Å². The summed E-state index contributed by atoms with van der Waals surface area (Å²) in [6.07, 6.45) is 2.45. The number of aliphatic hydroxyl groups excluding tert-OH is 1. The zero-order chi connectivity index (χ0) is 11.8. The van der Waals surface area contributed by atoms with Gasteiger partial charge in [0, 0.05) is 38.8 Å². The lowest BCUT2D eigenvalue weighted by Gasteiger charge is -2.11. The van der Waals surface area contributed by atoms with Crippen molar-refractivity contribution in [1.29, 1.82) is 0 Å². The van der Waals surface area contributed by atoms with Gasteiger partial charge in [-0.15, -0.1) is 0 Å². The molecule has 1 atom stereocenters. The first-order valence-corrected chi connectivity index (χ1v) is 5.65. The maximum atomic E-state index is 9.49. The second-order valence-electron chi connectivity index (χ2n) is 3.76. The molecule has 0 aliphatic heterocycles. The maximum Gasteiger partial charge on any atom is 0.0911 e. The SMILES string of the molecule is COCCCOCCn1cccc1C(C)O. The molecule has 0 aliphatic carbocycles. The van der Waals surface area contributed by atoms with Crippen LogP contribution < -0.4 is 0 Å². The molecule has 0 amide bonds. The van der Waals surface area contributed by atoms with E-state index in [1.807, 2.05) is 22.9 Å². The fourth-order valence-electron chi connectivity index (χ4n) is 1.58.